The molecule has 1 heterocycles. The Kier molecular flexibility index (Phi) is 7.62. The summed E-state index contributed by atoms with van der Waals surface area (Å²) in [5.74, 6) is 0.225. The first-order valence-electron chi connectivity index (χ1n) is 7.76. The summed E-state index contributed by atoms with van der Waals surface area (Å²) in [6.07, 6.45) is 2.56. The Morgan fingerprint density at radius 2 is 2.00 bits per heavy atom. The van der Waals surface area contributed by atoms with Crippen molar-refractivity contribution in [2.45, 2.75) is 39.2 Å². The van der Waals surface area contributed by atoms with Crippen LogP contribution in [-0.4, -0.2) is 79.6 Å². The molecule has 0 radical (unpaired) electrons. The molecule has 1 aliphatic rings. The van der Waals surface area contributed by atoms with Gasteiger partial charge in [-0.05, 0) is 26.3 Å². The van der Waals surface area contributed by atoms with Gasteiger partial charge >= 0.3 is 0 Å². The minimum atomic E-state index is -2.98. The van der Waals surface area contributed by atoms with E-state index < -0.39 is 9.84 Å². The molecule has 0 bridgehead atoms. The third kappa shape index (κ3) is 5.92. The van der Waals surface area contributed by atoms with Gasteiger partial charge in [-0.2, -0.15) is 0 Å². The van der Waals surface area contributed by atoms with Gasteiger partial charge in [-0.3, -0.25) is 9.69 Å². The predicted octanol–water partition coefficient (Wildman–Crippen LogP) is 0.116. The Bertz CT molecular complexity index is 425. The van der Waals surface area contributed by atoms with Crippen molar-refractivity contribution in [2.75, 3.05) is 44.3 Å². The average Bonchev–Trinajstić information content (AvgIpc) is 2.77. The molecule has 1 aliphatic heterocycles. The van der Waals surface area contributed by atoms with Crippen molar-refractivity contribution >= 4 is 15.7 Å². The molecule has 7 heteroatoms. The van der Waals surface area contributed by atoms with Crippen molar-refractivity contribution in [3.63, 3.8) is 0 Å². The number of rotatable bonds is 9. The molecule has 1 amide bonds. The van der Waals surface area contributed by atoms with E-state index in [4.69, 9.17) is 5.11 Å². The van der Waals surface area contributed by atoms with Crippen LogP contribution in [0.4, 0.5) is 0 Å². The number of hydrogen-bond acceptors (Lipinski definition) is 5. The number of carbonyl (C=O) groups is 1. The number of carbonyl (C=O) groups excluding carboxylic acids is 1. The van der Waals surface area contributed by atoms with Crippen LogP contribution < -0.4 is 0 Å². The topological polar surface area (TPSA) is 77.9 Å². The van der Waals surface area contributed by atoms with Gasteiger partial charge in [0.25, 0.3) is 0 Å². The zero-order valence-corrected chi connectivity index (χ0v) is 13.9. The van der Waals surface area contributed by atoms with Gasteiger partial charge in [-0.1, -0.05) is 13.3 Å². The number of hydrogen-bond donors (Lipinski definition) is 1. The van der Waals surface area contributed by atoms with Crippen molar-refractivity contribution in [3.8, 4) is 0 Å². The Morgan fingerprint density at radius 1 is 1.29 bits per heavy atom. The van der Waals surface area contributed by atoms with Crippen molar-refractivity contribution in [1.82, 2.24) is 9.80 Å². The van der Waals surface area contributed by atoms with Gasteiger partial charge < -0.3 is 10.0 Å². The van der Waals surface area contributed by atoms with E-state index >= 15 is 0 Å². The number of aliphatic hydroxyl groups is 1. The molecule has 0 saturated carbocycles. The Balaban J connectivity index is 2.61. The predicted molar refractivity (Wildman–Crippen MR) is 82.9 cm³/mol. The molecule has 124 valence electrons. The van der Waals surface area contributed by atoms with E-state index in [0.717, 1.165) is 19.4 Å². The van der Waals surface area contributed by atoms with Crippen molar-refractivity contribution < 1.29 is 18.3 Å². The Morgan fingerprint density at radius 3 is 2.48 bits per heavy atom. The summed E-state index contributed by atoms with van der Waals surface area (Å²) < 4.78 is 23.1. The fourth-order valence-corrected chi connectivity index (χ4v) is 4.47. The molecule has 0 aliphatic carbocycles. The van der Waals surface area contributed by atoms with Crippen LogP contribution in [0.1, 0.15) is 33.1 Å². The van der Waals surface area contributed by atoms with Crippen LogP contribution in [0.5, 0.6) is 0 Å². The number of nitrogens with zero attached hydrogens (tertiary/aromatic N) is 2. The minimum Gasteiger partial charge on any atom is -0.395 e. The van der Waals surface area contributed by atoms with E-state index in [9.17, 15) is 13.2 Å². The van der Waals surface area contributed by atoms with Crippen LogP contribution in [0.2, 0.25) is 0 Å². The zero-order valence-electron chi connectivity index (χ0n) is 13.1. The third-order valence-corrected chi connectivity index (χ3v) is 5.66. The normalized spacial score (nSPS) is 20.9. The molecule has 6 nitrogen and oxygen atoms in total. The first-order valence-corrected chi connectivity index (χ1v) is 9.58. The Labute approximate surface area is 128 Å². The van der Waals surface area contributed by atoms with Crippen LogP contribution in [0, 0.1) is 0 Å². The van der Waals surface area contributed by atoms with Gasteiger partial charge in [0.1, 0.15) is 0 Å². The summed E-state index contributed by atoms with van der Waals surface area (Å²) in [5.41, 5.74) is 0. The lowest BCUT2D eigenvalue weighted by Gasteiger charge is -2.30. The quantitative estimate of drug-likeness (QED) is 0.653. The summed E-state index contributed by atoms with van der Waals surface area (Å²) in [6.45, 7) is 6.03. The van der Waals surface area contributed by atoms with Gasteiger partial charge in [0, 0.05) is 19.1 Å². The summed E-state index contributed by atoms with van der Waals surface area (Å²) >= 11 is 0. The average molecular weight is 320 g/mol. The number of unbranched alkanes of at least 4 members (excludes halogenated alkanes) is 1. The maximum absolute atomic E-state index is 12.4. The SMILES string of the molecule is CCCCN(CCO)CC(=O)N(CC)C1CCS(=O)(=O)C1. The number of sulfone groups is 1. The van der Waals surface area contributed by atoms with Gasteiger partial charge in [0.05, 0.1) is 24.7 Å². The third-order valence-electron chi connectivity index (χ3n) is 3.91. The molecule has 0 spiro atoms. The summed E-state index contributed by atoms with van der Waals surface area (Å²) in [4.78, 5) is 16.1. The molecule has 1 atom stereocenters. The van der Waals surface area contributed by atoms with Crippen LogP contribution in [0.15, 0.2) is 0 Å². The van der Waals surface area contributed by atoms with E-state index in [1.807, 2.05) is 11.8 Å². The fraction of sp³-hybridized carbons (Fsp3) is 0.929. The lowest BCUT2D eigenvalue weighted by atomic mass is 10.2. The second kappa shape index (κ2) is 8.70. The highest BCUT2D eigenvalue weighted by molar-refractivity contribution is 7.91. The molecule has 1 saturated heterocycles. The second-order valence-electron chi connectivity index (χ2n) is 5.59. The van der Waals surface area contributed by atoms with Gasteiger partial charge in [-0.25, -0.2) is 8.42 Å². The number of amides is 1. The van der Waals surface area contributed by atoms with Crippen molar-refractivity contribution in [3.05, 3.63) is 0 Å². The van der Waals surface area contributed by atoms with Crippen LogP contribution in [-0.2, 0) is 14.6 Å². The lowest BCUT2D eigenvalue weighted by Crippen LogP contribution is -2.46. The maximum Gasteiger partial charge on any atom is 0.237 e. The van der Waals surface area contributed by atoms with Crippen molar-refractivity contribution in [2.24, 2.45) is 0 Å². The van der Waals surface area contributed by atoms with E-state index in [-0.39, 0.29) is 36.6 Å². The first-order chi connectivity index (χ1) is 9.93. The standard InChI is InChI=1S/C14H28N2O4S/c1-3-5-7-15(8-9-17)11-14(18)16(4-2)13-6-10-21(19,20)12-13/h13,17H,3-12H2,1-2H3. The monoisotopic (exact) mass is 320 g/mol. The van der Waals surface area contributed by atoms with Crippen LogP contribution in [0.3, 0.4) is 0 Å². The van der Waals surface area contributed by atoms with E-state index in [1.54, 1.807) is 4.90 Å². The summed E-state index contributed by atoms with van der Waals surface area (Å²) in [5, 5.41) is 9.08. The van der Waals surface area contributed by atoms with Gasteiger partial charge in [0.15, 0.2) is 9.84 Å². The Hall–Kier alpha value is -0.660. The summed E-state index contributed by atoms with van der Waals surface area (Å²) in [7, 11) is -2.98. The highest BCUT2D eigenvalue weighted by Crippen LogP contribution is 2.18. The van der Waals surface area contributed by atoms with E-state index in [0.29, 0.717) is 19.5 Å². The van der Waals surface area contributed by atoms with E-state index in [2.05, 4.69) is 6.92 Å². The van der Waals surface area contributed by atoms with Crippen molar-refractivity contribution in [1.29, 1.82) is 0 Å². The molecule has 1 unspecified atom stereocenters. The lowest BCUT2D eigenvalue weighted by molar-refractivity contribution is -0.134. The molecule has 0 aromatic rings. The smallest absolute Gasteiger partial charge is 0.237 e. The zero-order chi connectivity index (χ0) is 15.9. The molecule has 21 heavy (non-hydrogen) atoms. The maximum atomic E-state index is 12.4. The number of aliphatic hydroxyl groups excluding tert-OH is 1. The molecular formula is C14H28N2O4S. The minimum absolute atomic E-state index is 0.0287. The molecule has 0 aromatic carbocycles. The fourth-order valence-electron chi connectivity index (χ4n) is 2.73. The molecule has 1 fully saturated rings. The second-order valence-corrected chi connectivity index (χ2v) is 7.82. The van der Waals surface area contributed by atoms with Gasteiger partial charge in [-0.15, -0.1) is 0 Å². The molecule has 1 rings (SSSR count). The van der Waals surface area contributed by atoms with Gasteiger partial charge in [0.2, 0.25) is 5.91 Å². The number of likely N-dealkylation sites (N-methyl/N-ethyl adjacent to an activating group) is 1. The summed E-state index contributed by atoms with van der Waals surface area (Å²) in [6, 6.07) is -0.186. The largest absolute Gasteiger partial charge is 0.395 e. The van der Waals surface area contributed by atoms with Crippen LogP contribution >= 0.6 is 0 Å². The van der Waals surface area contributed by atoms with E-state index in [1.165, 1.54) is 0 Å². The van der Waals surface area contributed by atoms with Crippen LogP contribution in [0.25, 0.3) is 0 Å². The molecular weight excluding hydrogens is 292 g/mol. The molecule has 0 aromatic heterocycles. The highest BCUT2D eigenvalue weighted by Gasteiger charge is 2.34. The first kappa shape index (κ1) is 18.4. The molecule has 1 N–H and O–H groups in total. The highest BCUT2D eigenvalue weighted by atomic mass is 32.2.